The maximum Gasteiger partial charge on any atom is 0.250 e. The van der Waals surface area contributed by atoms with E-state index >= 15 is 0 Å². The van der Waals surface area contributed by atoms with Gasteiger partial charge in [0.15, 0.2) is 5.76 Å². The number of carbonyl (C=O) groups is 1. The molecule has 3 aromatic rings. The molecule has 0 atom stereocenters. The van der Waals surface area contributed by atoms with E-state index in [4.69, 9.17) is 4.52 Å². The minimum Gasteiger partial charge on any atom is -0.354 e. The topological polar surface area (TPSA) is 101 Å². The first-order chi connectivity index (χ1) is 13.8. The molecular formula is C20H21N3O4S2. The second-order valence-electron chi connectivity index (χ2n) is 6.43. The lowest BCUT2D eigenvalue weighted by Crippen LogP contribution is -2.22. The molecule has 1 aromatic carbocycles. The number of carbonyl (C=O) groups excluding carboxylic acids is 1. The summed E-state index contributed by atoms with van der Waals surface area (Å²) in [5, 5.41) is 6.52. The molecule has 2 heterocycles. The molecule has 2 aromatic heterocycles. The molecule has 0 aliphatic rings. The van der Waals surface area contributed by atoms with Gasteiger partial charge in [-0.3, -0.25) is 4.79 Å². The molecule has 0 aliphatic carbocycles. The maximum atomic E-state index is 12.6. The van der Waals surface area contributed by atoms with Gasteiger partial charge in [0.05, 0.1) is 0 Å². The van der Waals surface area contributed by atoms with Crippen LogP contribution >= 0.6 is 11.3 Å². The van der Waals surface area contributed by atoms with Gasteiger partial charge < -0.3 is 9.84 Å². The summed E-state index contributed by atoms with van der Waals surface area (Å²) >= 11 is 1.14. The molecular weight excluding hydrogens is 410 g/mol. The van der Waals surface area contributed by atoms with Crippen LogP contribution < -0.4 is 10.0 Å². The minimum absolute atomic E-state index is 0.224. The van der Waals surface area contributed by atoms with Crippen molar-refractivity contribution in [2.75, 3.05) is 5.32 Å². The highest BCUT2D eigenvalue weighted by atomic mass is 32.2. The van der Waals surface area contributed by atoms with Crippen LogP contribution in [0, 0.1) is 13.8 Å². The predicted octanol–water partition coefficient (Wildman–Crippen LogP) is 3.96. The molecule has 7 nitrogen and oxygen atoms in total. The van der Waals surface area contributed by atoms with Gasteiger partial charge in [-0.05, 0) is 49.3 Å². The molecule has 0 saturated heterocycles. The van der Waals surface area contributed by atoms with Crippen LogP contribution in [0.3, 0.4) is 0 Å². The highest BCUT2D eigenvalue weighted by Crippen LogP contribution is 2.26. The lowest BCUT2D eigenvalue weighted by molar-refractivity contribution is -0.114. The summed E-state index contributed by atoms with van der Waals surface area (Å²) in [7, 11) is -3.62. The normalized spacial score (nSPS) is 11.8. The molecule has 2 N–H and O–H groups in total. The number of thiophene rings is 1. The molecule has 0 aliphatic heterocycles. The Labute approximate surface area is 173 Å². The van der Waals surface area contributed by atoms with Crippen LogP contribution in [0.2, 0.25) is 0 Å². The molecule has 29 heavy (non-hydrogen) atoms. The van der Waals surface area contributed by atoms with E-state index in [0.29, 0.717) is 17.1 Å². The molecule has 0 spiro atoms. The average molecular weight is 432 g/mol. The minimum atomic E-state index is -3.62. The number of aryl methyl sites for hydroxylation is 2. The van der Waals surface area contributed by atoms with Crippen molar-refractivity contribution in [2.24, 2.45) is 0 Å². The van der Waals surface area contributed by atoms with Gasteiger partial charge >= 0.3 is 0 Å². The van der Waals surface area contributed by atoms with Gasteiger partial charge in [0, 0.05) is 18.3 Å². The number of amides is 1. The smallest absolute Gasteiger partial charge is 0.250 e. The summed E-state index contributed by atoms with van der Waals surface area (Å²) < 4.78 is 33.2. The van der Waals surface area contributed by atoms with Crippen LogP contribution in [0.15, 0.2) is 45.1 Å². The number of hydrogen-bond acceptors (Lipinski definition) is 6. The first-order valence-corrected chi connectivity index (χ1v) is 11.1. The lowest BCUT2D eigenvalue weighted by atomic mass is 10.1. The molecule has 0 radical (unpaired) electrons. The molecule has 0 saturated carbocycles. The second-order valence-corrected chi connectivity index (χ2v) is 9.54. The highest BCUT2D eigenvalue weighted by Gasteiger charge is 2.17. The van der Waals surface area contributed by atoms with Gasteiger partial charge in [0.2, 0.25) is 15.9 Å². The van der Waals surface area contributed by atoms with Gasteiger partial charge in [-0.15, -0.1) is 11.3 Å². The standard InChI is InChI=1S/C20H21N3O4S2/c1-13-6-4-5-7-16(13)12-21-29(25,26)19-11-9-17(28-19)8-10-18-20(22-15(3)24)14(2)23-27-18/h4-11,21H,12H2,1-3H3,(H,22,24). The number of sulfonamides is 1. The Kier molecular flexibility index (Phi) is 6.31. The first-order valence-electron chi connectivity index (χ1n) is 8.82. The van der Waals surface area contributed by atoms with Gasteiger partial charge in [0.1, 0.15) is 15.6 Å². The Balaban J connectivity index is 1.73. The van der Waals surface area contributed by atoms with E-state index in [0.717, 1.165) is 27.3 Å². The molecule has 0 fully saturated rings. The number of rotatable bonds is 7. The maximum absolute atomic E-state index is 12.6. The van der Waals surface area contributed by atoms with Crippen molar-refractivity contribution < 1.29 is 17.7 Å². The number of anilines is 1. The molecule has 9 heteroatoms. The van der Waals surface area contributed by atoms with Crippen LogP contribution in [0.1, 0.15) is 34.4 Å². The monoisotopic (exact) mass is 431 g/mol. The van der Waals surface area contributed by atoms with Gasteiger partial charge in [-0.25, -0.2) is 13.1 Å². The van der Waals surface area contributed by atoms with E-state index in [-0.39, 0.29) is 16.7 Å². The van der Waals surface area contributed by atoms with Crippen molar-refractivity contribution in [3.8, 4) is 0 Å². The summed E-state index contributed by atoms with van der Waals surface area (Å²) in [6.45, 7) is 5.30. The fraction of sp³-hybridized carbons (Fsp3) is 0.200. The van der Waals surface area contributed by atoms with E-state index in [1.54, 1.807) is 31.2 Å². The Bertz CT molecular complexity index is 1160. The van der Waals surface area contributed by atoms with Gasteiger partial charge in [-0.1, -0.05) is 29.4 Å². The van der Waals surface area contributed by atoms with Crippen molar-refractivity contribution in [3.63, 3.8) is 0 Å². The molecule has 0 bridgehead atoms. The highest BCUT2D eigenvalue weighted by molar-refractivity contribution is 7.91. The second kappa shape index (κ2) is 8.73. The summed E-state index contributed by atoms with van der Waals surface area (Å²) in [5.74, 6) is 0.170. The number of nitrogens with one attached hydrogen (secondary N) is 2. The Morgan fingerprint density at radius 2 is 1.93 bits per heavy atom. The molecule has 3 rings (SSSR count). The van der Waals surface area contributed by atoms with Crippen LogP contribution in [-0.4, -0.2) is 19.5 Å². The Morgan fingerprint density at radius 1 is 1.17 bits per heavy atom. The third-order valence-corrected chi connectivity index (χ3v) is 7.11. The zero-order valence-electron chi connectivity index (χ0n) is 16.2. The van der Waals surface area contributed by atoms with Crippen LogP contribution in [0.25, 0.3) is 12.2 Å². The van der Waals surface area contributed by atoms with Crippen molar-refractivity contribution in [3.05, 3.63) is 63.9 Å². The first kappa shape index (κ1) is 21.0. The number of benzene rings is 1. The molecule has 152 valence electrons. The third kappa shape index (κ3) is 5.20. The van der Waals surface area contributed by atoms with Crippen LogP contribution in [-0.2, 0) is 21.4 Å². The summed E-state index contributed by atoms with van der Waals surface area (Å²) in [4.78, 5) is 12.0. The zero-order valence-corrected chi connectivity index (χ0v) is 17.9. The van der Waals surface area contributed by atoms with Gasteiger partial charge in [0.25, 0.3) is 0 Å². The van der Waals surface area contributed by atoms with E-state index in [1.807, 2.05) is 31.2 Å². The average Bonchev–Trinajstić information content (AvgIpc) is 3.27. The van der Waals surface area contributed by atoms with Crippen LogP contribution in [0.5, 0.6) is 0 Å². The van der Waals surface area contributed by atoms with E-state index in [1.165, 1.54) is 6.92 Å². The number of aromatic nitrogens is 1. The number of nitrogens with zero attached hydrogens (tertiary/aromatic N) is 1. The fourth-order valence-corrected chi connectivity index (χ4v) is 4.89. The SMILES string of the molecule is CC(=O)Nc1c(C)noc1C=Cc1ccc(S(=O)(=O)NCc2ccccc2C)s1. The Hall–Kier alpha value is -2.75. The Morgan fingerprint density at radius 3 is 2.66 bits per heavy atom. The van der Waals surface area contributed by atoms with Crippen molar-refractivity contribution in [1.29, 1.82) is 0 Å². The largest absolute Gasteiger partial charge is 0.354 e. The molecule has 1 amide bonds. The van der Waals surface area contributed by atoms with E-state index in [2.05, 4.69) is 15.2 Å². The summed E-state index contributed by atoms with van der Waals surface area (Å²) in [6.07, 6.45) is 3.37. The number of hydrogen-bond donors (Lipinski definition) is 2. The quantitative estimate of drug-likeness (QED) is 0.590. The third-order valence-electron chi connectivity index (χ3n) is 4.17. The van der Waals surface area contributed by atoms with Crippen molar-refractivity contribution in [2.45, 2.75) is 31.5 Å². The van der Waals surface area contributed by atoms with Crippen LogP contribution in [0.4, 0.5) is 5.69 Å². The molecule has 0 unspecified atom stereocenters. The fourth-order valence-electron chi connectivity index (χ4n) is 2.61. The van der Waals surface area contributed by atoms with Crippen molar-refractivity contribution in [1.82, 2.24) is 9.88 Å². The van der Waals surface area contributed by atoms with E-state index in [9.17, 15) is 13.2 Å². The van der Waals surface area contributed by atoms with Gasteiger partial charge in [-0.2, -0.15) is 0 Å². The summed E-state index contributed by atoms with van der Waals surface area (Å²) in [6, 6.07) is 10.9. The lowest BCUT2D eigenvalue weighted by Gasteiger charge is -2.07. The van der Waals surface area contributed by atoms with E-state index < -0.39 is 10.0 Å². The zero-order chi connectivity index (χ0) is 21.0. The van der Waals surface area contributed by atoms with Crippen molar-refractivity contribution >= 4 is 45.1 Å². The summed E-state index contributed by atoms with van der Waals surface area (Å²) in [5.41, 5.74) is 3.02. The predicted molar refractivity (Wildman–Crippen MR) is 114 cm³/mol.